The largest absolute Gasteiger partial charge is 0.379 e. The lowest BCUT2D eigenvalue weighted by molar-refractivity contribution is 0.0962. The molecule has 0 aromatic carbocycles. The highest BCUT2D eigenvalue weighted by Gasteiger charge is 2.28. The van der Waals surface area contributed by atoms with Crippen LogP contribution in [0.15, 0.2) is 10.7 Å². The Balaban J connectivity index is 2.28. The van der Waals surface area contributed by atoms with Crippen LogP contribution in [0.1, 0.15) is 32.3 Å². The first-order valence-corrected chi connectivity index (χ1v) is 6.71. The van der Waals surface area contributed by atoms with E-state index in [-0.39, 0.29) is 0 Å². The molecule has 20 heavy (non-hydrogen) atoms. The van der Waals surface area contributed by atoms with Crippen molar-refractivity contribution in [1.82, 2.24) is 19.9 Å². The SMILES string of the molecule is CCOCC(C)(N)c1noc(-c2cn(C)nc2CC)n1. The van der Waals surface area contributed by atoms with Gasteiger partial charge in [0.05, 0.1) is 17.9 Å². The number of nitrogens with two attached hydrogens (primary N) is 1. The van der Waals surface area contributed by atoms with Crippen molar-refractivity contribution < 1.29 is 9.26 Å². The highest BCUT2D eigenvalue weighted by atomic mass is 16.5. The topological polar surface area (TPSA) is 92.0 Å². The minimum atomic E-state index is -0.771. The Hall–Kier alpha value is -1.73. The summed E-state index contributed by atoms with van der Waals surface area (Å²) in [5, 5.41) is 8.33. The van der Waals surface area contributed by atoms with Crippen LogP contribution < -0.4 is 5.73 Å². The third-order valence-corrected chi connectivity index (χ3v) is 3.01. The van der Waals surface area contributed by atoms with Gasteiger partial charge in [0, 0.05) is 19.9 Å². The van der Waals surface area contributed by atoms with Gasteiger partial charge < -0.3 is 15.0 Å². The van der Waals surface area contributed by atoms with Crippen molar-refractivity contribution in [2.45, 2.75) is 32.7 Å². The average Bonchev–Trinajstić information content (AvgIpc) is 3.02. The van der Waals surface area contributed by atoms with Crippen LogP contribution in [0.2, 0.25) is 0 Å². The quantitative estimate of drug-likeness (QED) is 0.855. The summed E-state index contributed by atoms with van der Waals surface area (Å²) < 4.78 is 12.4. The van der Waals surface area contributed by atoms with Gasteiger partial charge in [-0.2, -0.15) is 10.1 Å². The van der Waals surface area contributed by atoms with E-state index >= 15 is 0 Å². The molecular formula is C13H21N5O2. The summed E-state index contributed by atoms with van der Waals surface area (Å²) in [5.74, 6) is 0.880. The van der Waals surface area contributed by atoms with Crippen LogP contribution in [0.3, 0.4) is 0 Å². The van der Waals surface area contributed by atoms with Crippen molar-refractivity contribution in [2.24, 2.45) is 12.8 Å². The van der Waals surface area contributed by atoms with Gasteiger partial charge >= 0.3 is 0 Å². The number of aryl methyl sites for hydroxylation is 2. The van der Waals surface area contributed by atoms with Gasteiger partial charge in [-0.15, -0.1) is 0 Å². The number of rotatable bonds is 6. The fourth-order valence-electron chi connectivity index (χ4n) is 1.92. The smallest absolute Gasteiger partial charge is 0.261 e. The van der Waals surface area contributed by atoms with Gasteiger partial charge in [-0.1, -0.05) is 12.1 Å². The molecule has 7 nitrogen and oxygen atoms in total. The molecule has 2 aromatic rings. The Labute approximate surface area is 118 Å². The first-order chi connectivity index (χ1) is 9.47. The predicted octanol–water partition coefficient (Wildman–Crippen LogP) is 1.24. The second kappa shape index (κ2) is 5.72. The zero-order valence-electron chi connectivity index (χ0n) is 12.4. The van der Waals surface area contributed by atoms with Crippen LogP contribution >= 0.6 is 0 Å². The molecule has 0 aliphatic carbocycles. The van der Waals surface area contributed by atoms with Crippen molar-refractivity contribution >= 4 is 0 Å². The van der Waals surface area contributed by atoms with Crippen LogP contribution in [0.5, 0.6) is 0 Å². The van der Waals surface area contributed by atoms with Gasteiger partial charge in [0.2, 0.25) is 0 Å². The van der Waals surface area contributed by atoms with E-state index in [0.29, 0.717) is 24.9 Å². The molecule has 0 radical (unpaired) electrons. The molecule has 0 spiro atoms. The highest BCUT2D eigenvalue weighted by Crippen LogP contribution is 2.24. The third kappa shape index (κ3) is 2.88. The molecule has 0 aliphatic rings. The highest BCUT2D eigenvalue weighted by molar-refractivity contribution is 5.55. The number of ether oxygens (including phenoxy) is 1. The van der Waals surface area contributed by atoms with Crippen molar-refractivity contribution in [2.75, 3.05) is 13.2 Å². The average molecular weight is 279 g/mol. The number of nitrogens with zero attached hydrogens (tertiary/aromatic N) is 4. The van der Waals surface area contributed by atoms with E-state index in [1.54, 1.807) is 4.68 Å². The summed E-state index contributed by atoms with van der Waals surface area (Å²) >= 11 is 0. The van der Waals surface area contributed by atoms with Crippen LogP contribution in [0.4, 0.5) is 0 Å². The number of aromatic nitrogens is 4. The molecule has 7 heteroatoms. The Bertz CT molecular complexity index is 573. The van der Waals surface area contributed by atoms with Gasteiger partial charge in [-0.3, -0.25) is 4.68 Å². The third-order valence-electron chi connectivity index (χ3n) is 3.01. The number of hydrogen-bond acceptors (Lipinski definition) is 6. The van der Waals surface area contributed by atoms with E-state index < -0.39 is 5.54 Å². The lowest BCUT2D eigenvalue weighted by Crippen LogP contribution is -2.39. The number of hydrogen-bond donors (Lipinski definition) is 1. The molecule has 110 valence electrons. The fraction of sp³-hybridized carbons (Fsp3) is 0.615. The lowest BCUT2D eigenvalue weighted by Gasteiger charge is -2.19. The van der Waals surface area contributed by atoms with E-state index in [0.717, 1.165) is 17.7 Å². The summed E-state index contributed by atoms with van der Waals surface area (Å²) in [7, 11) is 1.86. The van der Waals surface area contributed by atoms with Crippen molar-refractivity contribution in [3.05, 3.63) is 17.7 Å². The Morgan fingerprint density at radius 3 is 2.85 bits per heavy atom. The van der Waals surface area contributed by atoms with E-state index in [1.165, 1.54) is 0 Å². The van der Waals surface area contributed by atoms with Gasteiger partial charge in [0.25, 0.3) is 5.89 Å². The van der Waals surface area contributed by atoms with E-state index in [4.69, 9.17) is 15.0 Å². The molecule has 1 atom stereocenters. The molecule has 0 saturated carbocycles. The van der Waals surface area contributed by atoms with Crippen LogP contribution in [-0.2, 0) is 23.7 Å². The second-order valence-corrected chi connectivity index (χ2v) is 4.99. The molecule has 2 N–H and O–H groups in total. The van der Waals surface area contributed by atoms with E-state index in [9.17, 15) is 0 Å². The summed E-state index contributed by atoms with van der Waals surface area (Å²) in [5.41, 5.74) is 7.16. The molecule has 0 saturated heterocycles. The Kier molecular flexibility index (Phi) is 4.20. The molecule has 0 fully saturated rings. The molecule has 2 heterocycles. The maximum absolute atomic E-state index is 6.16. The monoisotopic (exact) mass is 279 g/mol. The first-order valence-electron chi connectivity index (χ1n) is 6.71. The van der Waals surface area contributed by atoms with Crippen molar-refractivity contribution in [3.63, 3.8) is 0 Å². The van der Waals surface area contributed by atoms with E-state index in [2.05, 4.69) is 15.2 Å². The van der Waals surface area contributed by atoms with Crippen molar-refractivity contribution in [1.29, 1.82) is 0 Å². The van der Waals surface area contributed by atoms with E-state index in [1.807, 2.05) is 34.0 Å². The van der Waals surface area contributed by atoms with Gasteiger partial charge in [0.15, 0.2) is 5.82 Å². The van der Waals surface area contributed by atoms with Crippen LogP contribution in [0, 0.1) is 0 Å². The standard InChI is InChI=1S/C13H21N5O2/c1-5-10-9(7-18(4)16-10)11-15-12(17-20-11)13(3,14)8-19-6-2/h7H,5-6,8,14H2,1-4H3. The van der Waals surface area contributed by atoms with Gasteiger partial charge in [-0.25, -0.2) is 0 Å². The molecule has 2 rings (SSSR count). The normalized spacial score (nSPS) is 14.4. The minimum Gasteiger partial charge on any atom is -0.379 e. The zero-order chi connectivity index (χ0) is 14.8. The lowest BCUT2D eigenvalue weighted by atomic mass is 10.1. The summed E-state index contributed by atoms with van der Waals surface area (Å²) in [4.78, 5) is 4.39. The fourth-order valence-corrected chi connectivity index (χ4v) is 1.92. The molecular weight excluding hydrogens is 258 g/mol. The first kappa shape index (κ1) is 14.7. The van der Waals surface area contributed by atoms with Crippen LogP contribution in [-0.4, -0.2) is 33.1 Å². The summed E-state index contributed by atoms with van der Waals surface area (Å²) in [6, 6.07) is 0. The minimum absolute atomic E-state index is 0.343. The van der Waals surface area contributed by atoms with Crippen molar-refractivity contribution in [3.8, 4) is 11.5 Å². The zero-order valence-corrected chi connectivity index (χ0v) is 12.4. The van der Waals surface area contributed by atoms with Crippen LogP contribution in [0.25, 0.3) is 11.5 Å². The van der Waals surface area contributed by atoms with Gasteiger partial charge in [-0.05, 0) is 20.3 Å². The maximum Gasteiger partial charge on any atom is 0.261 e. The Morgan fingerprint density at radius 1 is 1.45 bits per heavy atom. The molecule has 2 aromatic heterocycles. The summed E-state index contributed by atoms with van der Waals surface area (Å²) in [6.45, 7) is 6.71. The molecule has 0 aliphatic heterocycles. The predicted molar refractivity (Wildman–Crippen MR) is 73.9 cm³/mol. The summed E-state index contributed by atoms with van der Waals surface area (Å²) in [6.07, 6.45) is 2.67. The molecule has 1 unspecified atom stereocenters. The second-order valence-electron chi connectivity index (χ2n) is 4.99. The Morgan fingerprint density at radius 2 is 2.20 bits per heavy atom. The molecule has 0 bridgehead atoms. The van der Waals surface area contributed by atoms with Gasteiger partial charge in [0.1, 0.15) is 5.54 Å². The maximum atomic E-state index is 6.16. The molecule has 0 amide bonds.